The van der Waals surface area contributed by atoms with Crippen LogP contribution in [0.3, 0.4) is 0 Å². The van der Waals surface area contributed by atoms with E-state index in [2.05, 4.69) is 9.98 Å². The second kappa shape index (κ2) is 15.3. The second-order valence-electron chi connectivity index (χ2n) is 5.75. The van der Waals surface area contributed by atoms with Crippen LogP contribution < -0.4 is 51.4 Å². The number of ether oxygens (including phenoxy) is 4. The first-order chi connectivity index (χ1) is 12.2. The summed E-state index contributed by atoms with van der Waals surface area (Å²) in [6, 6.07) is -0.576. The summed E-state index contributed by atoms with van der Waals surface area (Å²) in [4.78, 5) is 29.7. The van der Waals surface area contributed by atoms with Crippen LogP contribution in [0.5, 0.6) is 0 Å². The number of aliphatic hydroxyl groups is 2. The molecule has 0 fully saturated rings. The van der Waals surface area contributed by atoms with Crippen molar-refractivity contribution >= 4 is 23.7 Å². The fourth-order valence-electron chi connectivity index (χ4n) is 2.17. The summed E-state index contributed by atoms with van der Waals surface area (Å²) in [6.45, 7) is 6.50. The molecule has 2 N–H and O–H groups in total. The quantitative estimate of drug-likeness (QED) is 0.341. The minimum atomic E-state index is -0.780. The van der Waals surface area contributed by atoms with Crippen LogP contribution in [0, 0.1) is 0 Å². The van der Waals surface area contributed by atoms with Gasteiger partial charge in [-0.2, -0.15) is 0 Å². The summed E-state index contributed by atoms with van der Waals surface area (Å²) in [5, 5.41) is 17.5. The SMILES string of the molecule is C.CC(=O)OC[C@@H](OC(C)=O)[C@@H]1COC(C)=N1.CC1=N[C@H]([C@H](O)CO)CO1.[H-].[K+]. The van der Waals surface area contributed by atoms with Gasteiger partial charge in [0.05, 0.1) is 6.61 Å². The average Bonchev–Trinajstić information content (AvgIpc) is 3.19. The van der Waals surface area contributed by atoms with Crippen LogP contribution in [-0.4, -0.2) is 84.7 Å². The summed E-state index contributed by atoms with van der Waals surface area (Å²) in [5.74, 6) is 0.274. The van der Waals surface area contributed by atoms with E-state index < -0.39 is 24.1 Å². The summed E-state index contributed by atoms with van der Waals surface area (Å²) < 4.78 is 20.0. The molecule has 0 aromatic carbocycles. The summed E-state index contributed by atoms with van der Waals surface area (Å²) in [6.07, 6.45) is -1.36. The minimum Gasteiger partial charge on any atom is -1.00 e. The van der Waals surface area contributed by atoms with Crippen LogP contribution in [-0.2, 0) is 28.5 Å². The maximum Gasteiger partial charge on any atom is 1.00 e. The predicted molar refractivity (Wildman–Crippen MR) is 98.8 cm³/mol. The van der Waals surface area contributed by atoms with E-state index in [1.54, 1.807) is 13.8 Å². The zero-order chi connectivity index (χ0) is 19.7. The van der Waals surface area contributed by atoms with Crippen molar-refractivity contribution in [3.63, 3.8) is 0 Å². The standard InChI is InChI=1S/C10H15NO5.C6H11NO3.CH4.K.H/c1-6-11-9(4-14-6)10(16-8(3)13)5-15-7(2)12;1-4-7-5(3-10-4)6(9)2-8;;;/h9-10H,4-5H2,1-3H3;5-6,8-9H,2-3H2,1H3;1H4;;/q;;;+1;-1/t9-,10+;5-,6+;;;/m00.../s1. The van der Waals surface area contributed by atoms with E-state index in [4.69, 9.17) is 29.2 Å². The largest absolute Gasteiger partial charge is 1.00 e. The molecular formula is C17H31KN2O8. The Morgan fingerprint density at radius 3 is 2.00 bits per heavy atom. The first-order valence-corrected chi connectivity index (χ1v) is 8.16. The molecule has 0 aromatic rings. The zero-order valence-electron chi connectivity index (χ0n) is 17.4. The van der Waals surface area contributed by atoms with Gasteiger partial charge in [-0.25, -0.2) is 9.98 Å². The first-order valence-electron chi connectivity index (χ1n) is 8.16. The molecule has 11 heteroatoms. The fourth-order valence-corrected chi connectivity index (χ4v) is 2.17. The van der Waals surface area contributed by atoms with E-state index >= 15 is 0 Å². The van der Waals surface area contributed by atoms with Gasteiger partial charge in [-0.3, -0.25) is 9.59 Å². The molecule has 0 aromatic heterocycles. The summed E-state index contributed by atoms with van der Waals surface area (Å²) in [5.41, 5.74) is 0. The van der Waals surface area contributed by atoms with Gasteiger partial charge < -0.3 is 30.6 Å². The van der Waals surface area contributed by atoms with Crippen LogP contribution in [0.15, 0.2) is 9.98 Å². The number of carbonyl (C=O) groups excluding carboxylic acids is 2. The number of aliphatic imine (C=N–C) groups is 2. The molecule has 2 aliphatic heterocycles. The van der Waals surface area contributed by atoms with Gasteiger partial charge in [0.15, 0.2) is 17.9 Å². The molecule has 10 nitrogen and oxygen atoms in total. The Bertz CT molecular complexity index is 562. The average molecular weight is 431 g/mol. The van der Waals surface area contributed by atoms with Gasteiger partial charge in [0.2, 0.25) is 0 Å². The van der Waals surface area contributed by atoms with E-state index in [1.807, 2.05) is 0 Å². The Balaban J connectivity index is -0.000000457. The Morgan fingerprint density at radius 1 is 1.14 bits per heavy atom. The van der Waals surface area contributed by atoms with Crippen molar-refractivity contribution in [2.75, 3.05) is 26.4 Å². The second-order valence-corrected chi connectivity index (χ2v) is 5.75. The van der Waals surface area contributed by atoms with Gasteiger partial charge in [-0.1, -0.05) is 7.43 Å². The molecule has 0 saturated carbocycles. The van der Waals surface area contributed by atoms with Crippen molar-refractivity contribution in [2.24, 2.45) is 9.98 Å². The molecule has 2 heterocycles. The van der Waals surface area contributed by atoms with Gasteiger partial charge in [0.25, 0.3) is 0 Å². The predicted octanol–water partition coefficient (Wildman–Crippen LogP) is -2.79. The van der Waals surface area contributed by atoms with Crippen LogP contribution >= 0.6 is 0 Å². The van der Waals surface area contributed by atoms with Crippen LogP contribution in [0.25, 0.3) is 0 Å². The number of nitrogens with zero attached hydrogens (tertiary/aromatic N) is 2. The number of aliphatic hydroxyl groups excluding tert-OH is 2. The topological polar surface area (TPSA) is 136 Å². The first kappa shape index (κ1) is 29.6. The third-order valence-electron chi connectivity index (χ3n) is 3.45. The summed E-state index contributed by atoms with van der Waals surface area (Å²) in [7, 11) is 0. The van der Waals surface area contributed by atoms with Gasteiger partial charge in [-0.05, 0) is 0 Å². The van der Waals surface area contributed by atoms with Gasteiger partial charge >= 0.3 is 63.3 Å². The monoisotopic (exact) mass is 430 g/mol. The van der Waals surface area contributed by atoms with Crippen LogP contribution in [0.1, 0.15) is 36.5 Å². The van der Waals surface area contributed by atoms with Crippen molar-refractivity contribution in [1.29, 1.82) is 0 Å². The molecule has 2 aliphatic rings. The Kier molecular flexibility index (Phi) is 16.2. The number of esters is 2. The van der Waals surface area contributed by atoms with E-state index in [0.717, 1.165) is 0 Å². The Hall–Kier alpha value is -0.564. The third kappa shape index (κ3) is 11.4. The van der Waals surface area contributed by atoms with Crippen molar-refractivity contribution in [3.8, 4) is 0 Å². The van der Waals surface area contributed by atoms with E-state index in [9.17, 15) is 9.59 Å². The molecule has 4 atom stereocenters. The Labute approximate surface area is 209 Å². The molecule has 0 bridgehead atoms. The van der Waals surface area contributed by atoms with E-state index in [-0.39, 0.29) is 85.5 Å². The molecule has 158 valence electrons. The van der Waals surface area contributed by atoms with Crippen molar-refractivity contribution < 1.29 is 91.6 Å². The molecule has 0 unspecified atom stereocenters. The number of hydrogen-bond acceptors (Lipinski definition) is 10. The summed E-state index contributed by atoms with van der Waals surface area (Å²) >= 11 is 0. The smallest absolute Gasteiger partial charge is 1.00 e. The molecule has 0 saturated heterocycles. The molecule has 0 aliphatic carbocycles. The number of hydrogen-bond donors (Lipinski definition) is 2. The maximum absolute atomic E-state index is 10.9. The molecule has 0 spiro atoms. The maximum atomic E-state index is 10.9. The third-order valence-corrected chi connectivity index (χ3v) is 3.45. The van der Waals surface area contributed by atoms with Crippen LogP contribution in [0.2, 0.25) is 0 Å². The Morgan fingerprint density at radius 2 is 1.64 bits per heavy atom. The molecular weight excluding hydrogens is 399 g/mol. The van der Waals surface area contributed by atoms with Crippen molar-refractivity contribution in [3.05, 3.63) is 0 Å². The van der Waals surface area contributed by atoms with Crippen molar-refractivity contribution in [1.82, 2.24) is 0 Å². The van der Waals surface area contributed by atoms with Gasteiger partial charge in [0.1, 0.15) is 38.0 Å². The van der Waals surface area contributed by atoms with E-state index in [0.29, 0.717) is 25.0 Å². The molecule has 0 radical (unpaired) electrons. The fraction of sp³-hybridized carbons (Fsp3) is 0.765. The number of carbonyl (C=O) groups is 2. The van der Waals surface area contributed by atoms with Crippen molar-refractivity contribution in [2.45, 2.75) is 59.4 Å². The normalized spacial score (nSPS) is 21.6. The number of rotatable bonds is 6. The minimum absolute atomic E-state index is 0. The molecule has 2 rings (SSSR count). The molecule has 0 amide bonds. The van der Waals surface area contributed by atoms with Crippen LogP contribution in [0.4, 0.5) is 0 Å². The van der Waals surface area contributed by atoms with Gasteiger partial charge in [-0.15, -0.1) is 0 Å². The van der Waals surface area contributed by atoms with Gasteiger partial charge in [0, 0.05) is 27.7 Å². The zero-order valence-corrected chi connectivity index (χ0v) is 19.5. The molecule has 28 heavy (non-hydrogen) atoms. The van der Waals surface area contributed by atoms with E-state index in [1.165, 1.54) is 13.8 Å².